The SMILES string of the molecule is CC1(C)C2CC[C@@]1(C[N+](=O)[O-])C(O)C2. The van der Waals surface area contributed by atoms with E-state index in [1.54, 1.807) is 0 Å². The second-order valence-electron chi connectivity index (χ2n) is 5.36. The molecule has 0 radical (unpaired) electrons. The van der Waals surface area contributed by atoms with E-state index in [9.17, 15) is 15.2 Å². The fourth-order valence-corrected chi connectivity index (χ4v) is 3.64. The molecule has 2 unspecified atom stereocenters. The lowest BCUT2D eigenvalue weighted by atomic mass is 9.68. The lowest BCUT2D eigenvalue weighted by Crippen LogP contribution is -2.44. The molecule has 14 heavy (non-hydrogen) atoms. The van der Waals surface area contributed by atoms with Crippen LogP contribution in [0, 0.1) is 26.9 Å². The summed E-state index contributed by atoms with van der Waals surface area (Å²) in [6.07, 6.45) is 2.13. The molecule has 80 valence electrons. The summed E-state index contributed by atoms with van der Waals surface area (Å²) in [5.74, 6) is 0.470. The van der Waals surface area contributed by atoms with Gasteiger partial charge >= 0.3 is 0 Å². The van der Waals surface area contributed by atoms with Gasteiger partial charge in [-0.25, -0.2) is 0 Å². The van der Waals surface area contributed by atoms with Crippen LogP contribution in [0.4, 0.5) is 0 Å². The molecule has 0 saturated heterocycles. The van der Waals surface area contributed by atoms with Gasteiger partial charge in [-0.05, 0) is 30.6 Å². The fourth-order valence-electron chi connectivity index (χ4n) is 3.64. The Hall–Kier alpha value is -0.640. The Labute approximate surface area is 83.5 Å². The van der Waals surface area contributed by atoms with Crippen molar-refractivity contribution in [3.05, 3.63) is 10.1 Å². The number of nitro groups is 1. The zero-order chi connectivity index (χ0) is 10.6. The van der Waals surface area contributed by atoms with Gasteiger partial charge in [0.2, 0.25) is 6.54 Å². The molecule has 3 atom stereocenters. The van der Waals surface area contributed by atoms with Crippen molar-refractivity contribution in [1.29, 1.82) is 0 Å². The monoisotopic (exact) mass is 199 g/mol. The molecule has 2 saturated carbocycles. The van der Waals surface area contributed by atoms with Gasteiger partial charge in [0.05, 0.1) is 11.5 Å². The van der Waals surface area contributed by atoms with E-state index in [0.717, 1.165) is 19.3 Å². The van der Waals surface area contributed by atoms with Crippen LogP contribution in [0.15, 0.2) is 0 Å². The van der Waals surface area contributed by atoms with E-state index in [-0.39, 0.29) is 16.9 Å². The van der Waals surface area contributed by atoms with Gasteiger partial charge in [0.25, 0.3) is 0 Å². The Morgan fingerprint density at radius 3 is 2.57 bits per heavy atom. The Balaban J connectivity index is 2.34. The highest BCUT2D eigenvalue weighted by Gasteiger charge is 2.66. The Bertz CT molecular complexity index is 277. The summed E-state index contributed by atoms with van der Waals surface area (Å²) in [6, 6.07) is 0. The van der Waals surface area contributed by atoms with Gasteiger partial charge in [0.1, 0.15) is 0 Å². The number of rotatable bonds is 2. The average molecular weight is 199 g/mol. The topological polar surface area (TPSA) is 63.4 Å². The van der Waals surface area contributed by atoms with Crippen molar-refractivity contribution in [2.24, 2.45) is 16.7 Å². The van der Waals surface area contributed by atoms with Crippen LogP contribution in [0.5, 0.6) is 0 Å². The second kappa shape index (κ2) is 2.69. The number of hydrogen-bond acceptors (Lipinski definition) is 3. The summed E-state index contributed by atoms with van der Waals surface area (Å²) < 4.78 is 0. The van der Waals surface area contributed by atoms with Crippen molar-refractivity contribution in [2.45, 2.75) is 39.2 Å². The number of aliphatic hydroxyl groups is 1. The van der Waals surface area contributed by atoms with E-state index in [0.29, 0.717) is 5.92 Å². The summed E-state index contributed by atoms with van der Waals surface area (Å²) in [6.45, 7) is 4.08. The number of hydrogen-bond donors (Lipinski definition) is 1. The van der Waals surface area contributed by atoms with Crippen LogP contribution in [-0.2, 0) is 0 Å². The van der Waals surface area contributed by atoms with E-state index in [2.05, 4.69) is 13.8 Å². The van der Waals surface area contributed by atoms with Crippen LogP contribution in [0.1, 0.15) is 33.1 Å². The summed E-state index contributed by atoms with van der Waals surface area (Å²) in [4.78, 5) is 10.4. The highest BCUT2D eigenvalue weighted by Crippen LogP contribution is 2.65. The van der Waals surface area contributed by atoms with E-state index < -0.39 is 11.5 Å². The summed E-state index contributed by atoms with van der Waals surface area (Å²) in [5, 5.41) is 20.6. The van der Waals surface area contributed by atoms with Crippen molar-refractivity contribution >= 4 is 0 Å². The minimum absolute atomic E-state index is 0.0700. The molecule has 0 spiro atoms. The lowest BCUT2D eigenvalue weighted by molar-refractivity contribution is -0.504. The lowest BCUT2D eigenvalue weighted by Gasteiger charge is -2.36. The molecule has 4 nitrogen and oxygen atoms in total. The van der Waals surface area contributed by atoms with E-state index >= 15 is 0 Å². The first-order valence-corrected chi connectivity index (χ1v) is 5.20. The summed E-state index contributed by atoms with van der Waals surface area (Å²) in [5.41, 5.74) is -0.527. The first-order valence-electron chi connectivity index (χ1n) is 5.20. The molecule has 2 aliphatic rings. The maximum atomic E-state index is 10.7. The van der Waals surface area contributed by atoms with Crippen LogP contribution >= 0.6 is 0 Å². The average Bonchev–Trinajstić information content (AvgIpc) is 2.36. The molecule has 0 aromatic rings. The van der Waals surface area contributed by atoms with Gasteiger partial charge in [-0.1, -0.05) is 13.8 Å². The molecule has 2 rings (SSSR count). The highest BCUT2D eigenvalue weighted by atomic mass is 16.6. The summed E-state index contributed by atoms with van der Waals surface area (Å²) >= 11 is 0. The Kier molecular flexibility index (Phi) is 1.90. The Morgan fingerprint density at radius 2 is 2.21 bits per heavy atom. The van der Waals surface area contributed by atoms with Gasteiger partial charge in [0.15, 0.2) is 0 Å². The second-order valence-corrected chi connectivity index (χ2v) is 5.36. The van der Waals surface area contributed by atoms with Crippen LogP contribution in [0.25, 0.3) is 0 Å². The van der Waals surface area contributed by atoms with E-state index in [1.807, 2.05) is 0 Å². The van der Waals surface area contributed by atoms with E-state index in [4.69, 9.17) is 0 Å². The molecule has 0 aromatic carbocycles. The van der Waals surface area contributed by atoms with Crippen LogP contribution in [-0.4, -0.2) is 22.7 Å². The third kappa shape index (κ3) is 0.975. The predicted molar refractivity (Wildman–Crippen MR) is 51.4 cm³/mol. The molecular formula is C10H17NO3. The van der Waals surface area contributed by atoms with Crippen molar-refractivity contribution in [1.82, 2.24) is 0 Å². The molecule has 0 heterocycles. The quantitative estimate of drug-likeness (QED) is 0.540. The van der Waals surface area contributed by atoms with Crippen molar-refractivity contribution in [2.75, 3.05) is 6.54 Å². The minimum Gasteiger partial charge on any atom is -0.392 e. The van der Waals surface area contributed by atoms with E-state index in [1.165, 1.54) is 0 Å². The minimum atomic E-state index is -0.471. The third-order valence-corrected chi connectivity index (χ3v) is 4.80. The third-order valence-electron chi connectivity index (χ3n) is 4.80. The van der Waals surface area contributed by atoms with Crippen LogP contribution in [0.3, 0.4) is 0 Å². The molecule has 0 aliphatic heterocycles. The van der Waals surface area contributed by atoms with Gasteiger partial charge in [-0.2, -0.15) is 0 Å². The zero-order valence-corrected chi connectivity index (χ0v) is 8.69. The van der Waals surface area contributed by atoms with Crippen LogP contribution in [0.2, 0.25) is 0 Å². The maximum absolute atomic E-state index is 10.7. The zero-order valence-electron chi connectivity index (χ0n) is 8.69. The largest absolute Gasteiger partial charge is 0.392 e. The van der Waals surface area contributed by atoms with Gasteiger partial charge in [0, 0.05) is 4.92 Å². The molecule has 2 bridgehead atoms. The van der Waals surface area contributed by atoms with Gasteiger partial charge in [-0.3, -0.25) is 10.1 Å². The molecule has 2 fully saturated rings. The molecule has 0 aromatic heterocycles. The maximum Gasteiger partial charge on any atom is 0.212 e. The van der Waals surface area contributed by atoms with Crippen LogP contribution < -0.4 is 0 Å². The van der Waals surface area contributed by atoms with Gasteiger partial charge in [-0.15, -0.1) is 0 Å². The molecule has 0 amide bonds. The smallest absolute Gasteiger partial charge is 0.212 e. The summed E-state index contributed by atoms with van der Waals surface area (Å²) in [7, 11) is 0. The predicted octanol–water partition coefficient (Wildman–Crippen LogP) is 1.45. The molecule has 1 N–H and O–H groups in total. The molecule has 2 aliphatic carbocycles. The number of aliphatic hydroxyl groups excluding tert-OH is 1. The van der Waals surface area contributed by atoms with Crippen molar-refractivity contribution < 1.29 is 10.0 Å². The number of fused-ring (bicyclic) bond motifs is 2. The molecule has 4 heteroatoms. The number of nitrogens with zero attached hydrogens (tertiary/aromatic N) is 1. The first kappa shape index (κ1) is 9.90. The standard InChI is InChI=1S/C10H17NO3/c1-9(2)7-3-4-10(9,6-11(13)14)8(12)5-7/h7-8,12H,3-6H2,1-2H3/t7?,8?,10-/m1/s1. The fraction of sp³-hybridized carbons (Fsp3) is 1.00. The Morgan fingerprint density at radius 1 is 1.57 bits per heavy atom. The van der Waals surface area contributed by atoms with Gasteiger partial charge < -0.3 is 5.11 Å². The normalized spacial score (nSPS) is 44.2. The molecular weight excluding hydrogens is 182 g/mol. The van der Waals surface area contributed by atoms with Crippen molar-refractivity contribution in [3.63, 3.8) is 0 Å². The first-order chi connectivity index (χ1) is 6.40. The highest BCUT2D eigenvalue weighted by molar-refractivity contribution is 5.12. The van der Waals surface area contributed by atoms with Crippen molar-refractivity contribution in [3.8, 4) is 0 Å².